The SMILES string of the molecule is [O-]c1c(I)cc(I)cc1I. The summed E-state index contributed by atoms with van der Waals surface area (Å²) >= 11 is 6.31. The first-order chi connectivity index (χ1) is 4.61. The van der Waals surface area contributed by atoms with Crippen molar-refractivity contribution in [2.75, 3.05) is 0 Å². The summed E-state index contributed by atoms with van der Waals surface area (Å²) < 4.78 is 2.72. The molecule has 0 atom stereocenters. The largest absolute Gasteiger partial charge is 0.871 e. The zero-order valence-electron chi connectivity index (χ0n) is 4.70. The van der Waals surface area contributed by atoms with Crippen LogP contribution in [0.3, 0.4) is 0 Å². The second-order valence-corrected chi connectivity index (χ2v) is 5.27. The zero-order chi connectivity index (χ0) is 7.72. The van der Waals surface area contributed by atoms with Gasteiger partial charge in [-0.15, -0.1) is 0 Å². The molecule has 1 rings (SSSR count). The molecule has 1 aromatic carbocycles. The molecule has 0 aliphatic heterocycles. The molecule has 4 heteroatoms. The van der Waals surface area contributed by atoms with E-state index in [0.29, 0.717) is 0 Å². The van der Waals surface area contributed by atoms with Gasteiger partial charge < -0.3 is 5.11 Å². The Bertz CT molecular complexity index is 236. The summed E-state index contributed by atoms with van der Waals surface area (Å²) in [5.74, 6) is 0.140. The Morgan fingerprint density at radius 2 is 1.40 bits per heavy atom. The van der Waals surface area contributed by atoms with Gasteiger partial charge in [0.1, 0.15) is 0 Å². The highest BCUT2D eigenvalue weighted by atomic mass is 127. The van der Waals surface area contributed by atoms with E-state index in [1.54, 1.807) is 0 Å². The fourth-order valence-electron chi connectivity index (χ4n) is 0.529. The number of rotatable bonds is 0. The van der Waals surface area contributed by atoms with Gasteiger partial charge in [0.15, 0.2) is 0 Å². The van der Waals surface area contributed by atoms with Crippen molar-refractivity contribution in [3.05, 3.63) is 22.8 Å². The molecule has 0 bridgehead atoms. The van der Waals surface area contributed by atoms with Crippen LogP contribution in [0.15, 0.2) is 12.1 Å². The van der Waals surface area contributed by atoms with Crippen LogP contribution >= 0.6 is 67.8 Å². The van der Waals surface area contributed by atoms with Gasteiger partial charge in [0.05, 0.1) is 0 Å². The quantitative estimate of drug-likeness (QED) is 0.535. The van der Waals surface area contributed by atoms with Crippen molar-refractivity contribution in [2.24, 2.45) is 0 Å². The summed E-state index contributed by atoms with van der Waals surface area (Å²) in [6.07, 6.45) is 0. The molecule has 0 aliphatic rings. The summed E-state index contributed by atoms with van der Waals surface area (Å²) in [5, 5.41) is 11.1. The summed E-state index contributed by atoms with van der Waals surface area (Å²) in [4.78, 5) is 0. The third-order valence-corrected chi connectivity index (χ3v) is 3.19. The first-order valence-corrected chi connectivity index (χ1v) is 5.66. The molecule has 0 radical (unpaired) electrons. The van der Waals surface area contributed by atoms with Crippen LogP contribution in [0.2, 0.25) is 0 Å². The fourth-order valence-corrected chi connectivity index (χ4v) is 4.11. The van der Waals surface area contributed by atoms with Crippen molar-refractivity contribution in [3.63, 3.8) is 0 Å². The topological polar surface area (TPSA) is 23.1 Å². The molecule has 0 amide bonds. The first-order valence-electron chi connectivity index (χ1n) is 2.43. The Morgan fingerprint density at radius 1 is 1.00 bits per heavy atom. The van der Waals surface area contributed by atoms with Gasteiger partial charge in [-0.1, -0.05) is 5.75 Å². The molecule has 0 saturated carbocycles. The van der Waals surface area contributed by atoms with E-state index in [-0.39, 0.29) is 5.75 Å². The van der Waals surface area contributed by atoms with Crippen LogP contribution in [0.5, 0.6) is 5.75 Å². The van der Waals surface area contributed by atoms with Crippen LogP contribution in [0.25, 0.3) is 0 Å². The molecule has 0 aliphatic carbocycles. The normalized spacial score (nSPS) is 9.90. The molecule has 0 N–H and O–H groups in total. The number of halogens is 3. The van der Waals surface area contributed by atoms with E-state index < -0.39 is 0 Å². The smallest absolute Gasteiger partial charge is 0.0150 e. The lowest BCUT2D eigenvalue weighted by atomic mass is 10.3. The fraction of sp³-hybridized carbons (Fsp3) is 0. The third-order valence-electron chi connectivity index (χ3n) is 0.963. The van der Waals surface area contributed by atoms with E-state index in [1.807, 2.05) is 12.1 Å². The lowest BCUT2D eigenvalue weighted by Crippen LogP contribution is -1.96. The maximum absolute atomic E-state index is 11.1. The van der Waals surface area contributed by atoms with E-state index in [9.17, 15) is 5.11 Å². The van der Waals surface area contributed by atoms with Gasteiger partial charge in [-0.3, -0.25) is 0 Å². The predicted molar refractivity (Wildman–Crippen MR) is 64.0 cm³/mol. The molecular weight excluding hydrogens is 469 g/mol. The Labute approximate surface area is 100 Å². The maximum Gasteiger partial charge on any atom is 0.0150 e. The highest BCUT2D eigenvalue weighted by molar-refractivity contribution is 14.1. The lowest BCUT2D eigenvalue weighted by Gasteiger charge is -2.11. The van der Waals surface area contributed by atoms with E-state index in [1.165, 1.54) is 0 Å². The van der Waals surface area contributed by atoms with E-state index in [2.05, 4.69) is 67.8 Å². The van der Waals surface area contributed by atoms with E-state index in [0.717, 1.165) is 10.7 Å². The van der Waals surface area contributed by atoms with E-state index in [4.69, 9.17) is 0 Å². The number of hydrogen-bond donors (Lipinski definition) is 0. The van der Waals surface area contributed by atoms with Crippen LogP contribution in [-0.4, -0.2) is 0 Å². The average molecular weight is 471 g/mol. The maximum atomic E-state index is 11.1. The molecule has 0 saturated heterocycles. The molecule has 54 valence electrons. The minimum absolute atomic E-state index is 0.140. The standard InChI is InChI=1S/C6H3I3O/c7-3-1-4(8)6(10)5(9)2-3/h1-2,10H/p-1. The molecule has 1 nitrogen and oxygen atoms in total. The van der Waals surface area contributed by atoms with Crippen molar-refractivity contribution < 1.29 is 5.11 Å². The van der Waals surface area contributed by atoms with Gasteiger partial charge in [-0.25, -0.2) is 0 Å². The predicted octanol–water partition coefficient (Wildman–Crippen LogP) is 2.57. The van der Waals surface area contributed by atoms with Crippen LogP contribution in [0, 0.1) is 10.7 Å². The molecule has 0 spiro atoms. The Kier molecular flexibility index (Phi) is 3.48. The summed E-state index contributed by atoms with van der Waals surface area (Å²) in [6.45, 7) is 0. The van der Waals surface area contributed by atoms with Crippen molar-refractivity contribution in [2.45, 2.75) is 0 Å². The molecule has 0 fully saturated rings. The second-order valence-electron chi connectivity index (χ2n) is 1.70. The van der Waals surface area contributed by atoms with Crippen LogP contribution in [0.4, 0.5) is 0 Å². The monoisotopic (exact) mass is 471 g/mol. The first kappa shape index (κ1) is 9.30. The minimum atomic E-state index is 0.140. The molecule has 0 aromatic heterocycles. The Balaban J connectivity index is 3.31. The van der Waals surface area contributed by atoms with Crippen molar-refractivity contribution in [1.82, 2.24) is 0 Å². The summed E-state index contributed by atoms with van der Waals surface area (Å²) in [7, 11) is 0. The van der Waals surface area contributed by atoms with Crippen molar-refractivity contribution in [3.8, 4) is 5.75 Å². The van der Waals surface area contributed by atoms with Gasteiger partial charge in [0.2, 0.25) is 0 Å². The molecular formula is C6H2I3O-. The van der Waals surface area contributed by atoms with Crippen LogP contribution < -0.4 is 5.11 Å². The number of hydrogen-bond acceptors (Lipinski definition) is 1. The van der Waals surface area contributed by atoms with Gasteiger partial charge in [0.25, 0.3) is 0 Å². The van der Waals surface area contributed by atoms with Gasteiger partial charge in [0, 0.05) is 10.7 Å². The van der Waals surface area contributed by atoms with E-state index >= 15 is 0 Å². The molecule has 10 heavy (non-hydrogen) atoms. The highest BCUT2D eigenvalue weighted by Gasteiger charge is 1.95. The molecule has 0 unspecified atom stereocenters. The molecule has 1 aromatic rings. The number of benzene rings is 1. The molecule has 0 heterocycles. The van der Waals surface area contributed by atoms with Gasteiger partial charge in [-0.2, -0.15) is 0 Å². The average Bonchev–Trinajstić information content (AvgIpc) is 1.82. The third kappa shape index (κ3) is 2.10. The summed E-state index contributed by atoms with van der Waals surface area (Å²) in [5.41, 5.74) is 0. The second kappa shape index (κ2) is 3.74. The van der Waals surface area contributed by atoms with Gasteiger partial charge in [-0.05, 0) is 79.9 Å². The van der Waals surface area contributed by atoms with Crippen molar-refractivity contribution >= 4 is 67.8 Å². The van der Waals surface area contributed by atoms with Crippen molar-refractivity contribution in [1.29, 1.82) is 0 Å². The summed E-state index contributed by atoms with van der Waals surface area (Å²) in [6, 6.07) is 3.76. The minimum Gasteiger partial charge on any atom is -0.871 e. The van der Waals surface area contributed by atoms with Crippen LogP contribution in [0.1, 0.15) is 0 Å². The zero-order valence-corrected chi connectivity index (χ0v) is 11.2. The van der Waals surface area contributed by atoms with Gasteiger partial charge >= 0.3 is 0 Å². The Hall–Kier alpha value is 1.21. The highest BCUT2D eigenvalue weighted by Crippen LogP contribution is 2.25. The lowest BCUT2D eigenvalue weighted by molar-refractivity contribution is -0.271. The van der Waals surface area contributed by atoms with Crippen LogP contribution in [-0.2, 0) is 0 Å². The Morgan fingerprint density at radius 3 is 1.80 bits per heavy atom.